The predicted molar refractivity (Wildman–Crippen MR) is 84.4 cm³/mol. The van der Waals surface area contributed by atoms with Gasteiger partial charge in [0, 0.05) is 6.54 Å². The average molecular weight is 311 g/mol. The summed E-state index contributed by atoms with van der Waals surface area (Å²) < 4.78 is 5.77. The Labute approximate surface area is 128 Å². The van der Waals surface area contributed by atoms with E-state index < -0.39 is 0 Å². The molecule has 0 atom stereocenters. The first-order valence-corrected chi connectivity index (χ1v) is 7.11. The minimum Gasteiger partial charge on any atom is -0.437 e. The largest absolute Gasteiger partial charge is 0.437 e. The van der Waals surface area contributed by atoms with Crippen LogP contribution in [0.1, 0.15) is 18.1 Å². The van der Waals surface area contributed by atoms with Gasteiger partial charge >= 0.3 is 0 Å². The van der Waals surface area contributed by atoms with E-state index in [0.29, 0.717) is 27.5 Å². The van der Waals surface area contributed by atoms with Gasteiger partial charge in [-0.3, -0.25) is 0 Å². The van der Waals surface area contributed by atoms with Crippen LogP contribution < -0.4 is 10.1 Å². The van der Waals surface area contributed by atoms with Crippen molar-refractivity contribution in [2.24, 2.45) is 0 Å². The molecule has 0 aliphatic rings. The maximum absolute atomic E-state index is 6.13. The van der Waals surface area contributed by atoms with E-state index in [0.717, 1.165) is 17.7 Å². The quantitative estimate of drug-likeness (QED) is 0.839. The number of benzene rings is 1. The first kappa shape index (κ1) is 14.9. The third-order valence-corrected chi connectivity index (χ3v) is 3.21. The van der Waals surface area contributed by atoms with E-state index in [1.54, 1.807) is 6.07 Å². The van der Waals surface area contributed by atoms with E-state index in [-0.39, 0.29) is 0 Å². The van der Waals surface area contributed by atoms with Crippen LogP contribution >= 0.6 is 23.2 Å². The molecule has 0 amide bonds. The monoisotopic (exact) mass is 310 g/mol. The summed E-state index contributed by atoms with van der Waals surface area (Å²) >= 11 is 12.2. The summed E-state index contributed by atoms with van der Waals surface area (Å²) in [7, 11) is 0. The van der Waals surface area contributed by atoms with Gasteiger partial charge in [0.25, 0.3) is 0 Å². The number of aryl methyl sites for hydroxylation is 2. The summed E-state index contributed by atoms with van der Waals surface area (Å²) in [5, 5.41) is 3.93. The Morgan fingerprint density at radius 3 is 2.30 bits per heavy atom. The van der Waals surface area contributed by atoms with Crippen LogP contribution in [0.3, 0.4) is 0 Å². The number of hydrogen-bond donors (Lipinski definition) is 1. The summed E-state index contributed by atoms with van der Waals surface area (Å²) in [4.78, 5) is 4.32. The second-order valence-corrected chi connectivity index (χ2v) is 5.38. The van der Waals surface area contributed by atoms with Crippen LogP contribution in [-0.2, 0) is 0 Å². The highest BCUT2D eigenvalue weighted by Gasteiger charge is 2.11. The van der Waals surface area contributed by atoms with Crippen LogP contribution in [0.5, 0.6) is 11.6 Å². The van der Waals surface area contributed by atoms with Gasteiger partial charge in [0.2, 0.25) is 5.88 Å². The molecule has 2 aromatic rings. The molecule has 5 heteroatoms. The van der Waals surface area contributed by atoms with Crippen LogP contribution in [0.4, 0.5) is 5.82 Å². The zero-order valence-corrected chi connectivity index (χ0v) is 13.1. The molecule has 0 bridgehead atoms. The first-order chi connectivity index (χ1) is 9.49. The van der Waals surface area contributed by atoms with E-state index >= 15 is 0 Å². The van der Waals surface area contributed by atoms with Gasteiger partial charge in [0.05, 0.1) is 5.02 Å². The Bertz CT molecular complexity index is 609. The molecule has 1 N–H and O–H groups in total. The summed E-state index contributed by atoms with van der Waals surface area (Å²) in [5.41, 5.74) is 2.24. The highest BCUT2D eigenvalue weighted by molar-refractivity contribution is 6.36. The van der Waals surface area contributed by atoms with Crippen LogP contribution in [0.15, 0.2) is 24.3 Å². The standard InChI is InChI=1S/C15H16Cl2N2O/c1-4-18-14-12(16)8-13(17)15(19-14)20-11-6-9(2)5-10(3)7-11/h5-8H,4H2,1-3H3,(H,18,19). The molecule has 0 fully saturated rings. The maximum Gasteiger partial charge on any atom is 0.240 e. The van der Waals surface area contributed by atoms with Gasteiger partial charge in [-0.25, -0.2) is 0 Å². The van der Waals surface area contributed by atoms with E-state index in [1.807, 2.05) is 32.9 Å². The molecular formula is C15H16Cl2N2O. The molecule has 2 rings (SSSR count). The predicted octanol–water partition coefficient (Wildman–Crippen LogP) is 5.23. The summed E-state index contributed by atoms with van der Waals surface area (Å²) in [6.45, 7) is 6.72. The number of pyridine rings is 1. The second-order valence-electron chi connectivity index (χ2n) is 4.56. The number of nitrogens with zero attached hydrogens (tertiary/aromatic N) is 1. The fourth-order valence-electron chi connectivity index (χ4n) is 1.92. The van der Waals surface area contributed by atoms with Crippen LogP contribution in [-0.4, -0.2) is 11.5 Å². The van der Waals surface area contributed by atoms with Gasteiger partial charge < -0.3 is 10.1 Å². The van der Waals surface area contributed by atoms with Crippen molar-refractivity contribution in [3.63, 3.8) is 0 Å². The molecule has 0 aliphatic heterocycles. The van der Waals surface area contributed by atoms with Gasteiger partial charge in [-0.1, -0.05) is 29.3 Å². The summed E-state index contributed by atoms with van der Waals surface area (Å²) in [6.07, 6.45) is 0. The van der Waals surface area contributed by atoms with Crippen molar-refractivity contribution in [1.29, 1.82) is 0 Å². The van der Waals surface area contributed by atoms with Crippen molar-refractivity contribution in [3.8, 4) is 11.6 Å². The topological polar surface area (TPSA) is 34.2 Å². The van der Waals surface area contributed by atoms with Crippen molar-refractivity contribution in [2.75, 3.05) is 11.9 Å². The van der Waals surface area contributed by atoms with Crippen molar-refractivity contribution in [3.05, 3.63) is 45.4 Å². The molecule has 0 unspecified atom stereocenters. The molecule has 0 saturated heterocycles. The molecule has 0 saturated carbocycles. The number of rotatable bonds is 4. The molecule has 0 aliphatic carbocycles. The van der Waals surface area contributed by atoms with E-state index in [2.05, 4.69) is 16.4 Å². The fourth-order valence-corrected chi connectivity index (χ4v) is 2.38. The van der Waals surface area contributed by atoms with E-state index in [1.165, 1.54) is 0 Å². The third-order valence-electron chi connectivity index (χ3n) is 2.65. The normalized spacial score (nSPS) is 10.4. The van der Waals surface area contributed by atoms with Crippen LogP contribution in [0, 0.1) is 13.8 Å². The lowest BCUT2D eigenvalue weighted by atomic mass is 10.1. The molecule has 1 heterocycles. The number of halogens is 2. The summed E-state index contributed by atoms with van der Waals surface area (Å²) in [5.74, 6) is 1.62. The van der Waals surface area contributed by atoms with Crippen molar-refractivity contribution < 1.29 is 4.74 Å². The lowest BCUT2D eigenvalue weighted by molar-refractivity contribution is 0.463. The van der Waals surface area contributed by atoms with Gasteiger partial charge in [0.1, 0.15) is 16.6 Å². The van der Waals surface area contributed by atoms with E-state index in [4.69, 9.17) is 27.9 Å². The third kappa shape index (κ3) is 3.56. The molecule has 106 valence electrons. The van der Waals surface area contributed by atoms with Gasteiger partial charge in [-0.05, 0) is 50.1 Å². The average Bonchev–Trinajstić information content (AvgIpc) is 2.34. The molecule has 3 nitrogen and oxygen atoms in total. The van der Waals surface area contributed by atoms with Gasteiger partial charge in [-0.15, -0.1) is 0 Å². The Morgan fingerprint density at radius 1 is 1.05 bits per heavy atom. The Balaban J connectivity index is 2.34. The number of hydrogen-bond acceptors (Lipinski definition) is 3. The van der Waals surface area contributed by atoms with Gasteiger partial charge in [0.15, 0.2) is 0 Å². The van der Waals surface area contributed by atoms with Gasteiger partial charge in [-0.2, -0.15) is 4.98 Å². The Kier molecular flexibility index (Phi) is 4.73. The SMILES string of the molecule is CCNc1nc(Oc2cc(C)cc(C)c2)c(Cl)cc1Cl. The minimum absolute atomic E-state index is 0.344. The van der Waals surface area contributed by atoms with Crippen molar-refractivity contribution >= 4 is 29.0 Å². The van der Waals surface area contributed by atoms with Crippen LogP contribution in [0.2, 0.25) is 10.0 Å². The number of anilines is 1. The zero-order valence-electron chi connectivity index (χ0n) is 11.6. The molecular weight excluding hydrogens is 295 g/mol. The lowest BCUT2D eigenvalue weighted by Gasteiger charge is -2.11. The Morgan fingerprint density at radius 2 is 1.70 bits per heavy atom. The van der Waals surface area contributed by atoms with Crippen LogP contribution in [0.25, 0.3) is 0 Å². The molecule has 0 radical (unpaired) electrons. The minimum atomic E-state index is 0.344. The fraction of sp³-hybridized carbons (Fsp3) is 0.267. The lowest BCUT2D eigenvalue weighted by Crippen LogP contribution is -2.01. The number of aromatic nitrogens is 1. The molecule has 1 aromatic carbocycles. The summed E-state index contributed by atoms with van der Waals surface area (Å²) in [6, 6.07) is 7.58. The first-order valence-electron chi connectivity index (χ1n) is 6.35. The highest BCUT2D eigenvalue weighted by atomic mass is 35.5. The highest BCUT2D eigenvalue weighted by Crippen LogP contribution is 2.33. The number of nitrogens with one attached hydrogen (secondary N) is 1. The smallest absolute Gasteiger partial charge is 0.240 e. The van der Waals surface area contributed by atoms with Crippen molar-refractivity contribution in [1.82, 2.24) is 4.98 Å². The number of ether oxygens (including phenoxy) is 1. The Hall–Kier alpha value is -1.45. The molecule has 1 aromatic heterocycles. The molecule has 20 heavy (non-hydrogen) atoms. The van der Waals surface area contributed by atoms with Crippen molar-refractivity contribution in [2.45, 2.75) is 20.8 Å². The maximum atomic E-state index is 6.13. The zero-order chi connectivity index (χ0) is 14.7. The molecule has 0 spiro atoms. The second kappa shape index (κ2) is 6.33. The van der Waals surface area contributed by atoms with E-state index in [9.17, 15) is 0 Å².